The lowest BCUT2D eigenvalue weighted by molar-refractivity contribution is -0.130. The van der Waals surface area contributed by atoms with Gasteiger partial charge in [0, 0.05) is 29.8 Å². The van der Waals surface area contributed by atoms with Gasteiger partial charge in [-0.25, -0.2) is 0 Å². The van der Waals surface area contributed by atoms with E-state index in [1.165, 1.54) is 6.08 Å². The van der Waals surface area contributed by atoms with E-state index >= 15 is 0 Å². The first-order chi connectivity index (χ1) is 11.7. The van der Waals surface area contributed by atoms with E-state index in [1.54, 1.807) is 29.2 Å². The van der Waals surface area contributed by atoms with Gasteiger partial charge >= 0.3 is 0 Å². The first kappa shape index (κ1) is 16.3. The Kier molecular flexibility index (Phi) is 4.99. The molecule has 1 fully saturated rings. The van der Waals surface area contributed by atoms with Gasteiger partial charge in [-0.3, -0.25) is 4.79 Å². The Morgan fingerprint density at radius 2 is 1.88 bits per heavy atom. The number of rotatable bonds is 3. The number of nitriles is 1. The Labute approximate surface area is 144 Å². The predicted molar refractivity (Wildman–Crippen MR) is 90.1 cm³/mol. The topological polar surface area (TPSA) is 66.5 Å². The fourth-order valence-electron chi connectivity index (χ4n) is 2.42. The Balaban J connectivity index is 1.80. The van der Waals surface area contributed by atoms with Gasteiger partial charge in [0.1, 0.15) is 23.2 Å². The molecular formula is C18H15ClN2O3. The third-order valence-electron chi connectivity index (χ3n) is 3.69. The number of benzene rings is 1. The zero-order valence-electron chi connectivity index (χ0n) is 12.9. The number of halogens is 1. The summed E-state index contributed by atoms with van der Waals surface area (Å²) in [6.07, 6.45) is 1.47. The molecular weight excluding hydrogens is 328 g/mol. The fourth-order valence-corrected chi connectivity index (χ4v) is 2.55. The van der Waals surface area contributed by atoms with E-state index in [0.717, 1.165) is 5.56 Å². The number of furan rings is 1. The summed E-state index contributed by atoms with van der Waals surface area (Å²) in [6.45, 7) is 1.97. The van der Waals surface area contributed by atoms with Crippen molar-refractivity contribution >= 4 is 23.6 Å². The van der Waals surface area contributed by atoms with Gasteiger partial charge in [-0.15, -0.1) is 0 Å². The molecule has 0 atom stereocenters. The van der Waals surface area contributed by atoms with E-state index in [1.807, 2.05) is 18.2 Å². The van der Waals surface area contributed by atoms with Crippen LogP contribution in [0.25, 0.3) is 17.4 Å². The minimum Gasteiger partial charge on any atom is -0.457 e. The van der Waals surface area contributed by atoms with Crippen molar-refractivity contribution in [1.29, 1.82) is 5.26 Å². The molecule has 0 saturated carbocycles. The molecule has 5 nitrogen and oxygen atoms in total. The first-order valence-corrected chi connectivity index (χ1v) is 7.90. The molecule has 1 aromatic heterocycles. The largest absolute Gasteiger partial charge is 0.457 e. The molecule has 2 heterocycles. The zero-order valence-corrected chi connectivity index (χ0v) is 13.6. The number of nitrogens with zero attached hydrogens (tertiary/aromatic N) is 2. The summed E-state index contributed by atoms with van der Waals surface area (Å²) >= 11 is 5.87. The van der Waals surface area contributed by atoms with Crippen LogP contribution < -0.4 is 0 Å². The minimum absolute atomic E-state index is 0.0499. The molecule has 1 saturated heterocycles. The molecule has 122 valence electrons. The monoisotopic (exact) mass is 342 g/mol. The minimum atomic E-state index is -0.301. The van der Waals surface area contributed by atoms with Crippen LogP contribution in [0, 0.1) is 11.3 Å². The highest BCUT2D eigenvalue weighted by Gasteiger charge is 2.21. The molecule has 0 bridgehead atoms. The summed E-state index contributed by atoms with van der Waals surface area (Å²) in [4.78, 5) is 14.0. The molecule has 3 rings (SSSR count). The van der Waals surface area contributed by atoms with E-state index in [-0.39, 0.29) is 11.5 Å². The van der Waals surface area contributed by atoms with Crippen molar-refractivity contribution in [3.05, 3.63) is 52.8 Å². The van der Waals surface area contributed by atoms with Crippen molar-refractivity contribution < 1.29 is 13.9 Å². The van der Waals surface area contributed by atoms with Gasteiger partial charge < -0.3 is 14.1 Å². The second kappa shape index (κ2) is 7.35. The normalized spacial score (nSPS) is 15.2. The Hall–Kier alpha value is -2.55. The number of hydrogen-bond acceptors (Lipinski definition) is 4. The smallest absolute Gasteiger partial charge is 0.264 e. The van der Waals surface area contributed by atoms with Crippen molar-refractivity contribution in [3.8, 4) is 17.4 Å². The van der Waals surface area contributed by atoms with Gasteiger partial charge in [0.25, 0.3) is 5.91 Å². The molecule has 1 amide bonds. The van der Waals surface area contributed by atoms with Crippen molar-refractivity contribution in [1.82, 2.24) is 4.90 Å². The van der Waals surface area contributed by atoms with Crippen molar-refractivity contribution in [2.75, 3.05) is 26.3 Å². The van der Waals surface area contributed by atoms with Crippen LogP contribution in [0.3, 0.4) is 0 Å². The van der Waals surface area contributed by atoms with Gasteiger partial charge in [-0.1, -0.05) is 11.6 Å². The highest BCUT2D eigenvalue weighted by Crippen LogP contribution is 2.25. The van der Waals surface area contributed by atoms with Crippen LogP contribution in [0.4, 0.5) is 0 Å². The molecule has 24 heavy (non-hydrogen) atoms. The van der Waals surface area contributed by atoms with Crippen molar-refractivity contribution in [2.24, 2.45) is 0 Å². The van der Waals surface area contributed by atoms with E-state index in [0.29, 0.717) is 42.8 Å². The molecule has 0 spiro atoms. The Morgan fingerprint density at radius 1 is 1.17 bits per heavy atom. The molecule has 1 aliphatic heterocycles. The van der Waals surface area contributed by atoms with Crippen molar-refractivity contribution in [3.63, 3.8) is 0 Å². The quantitative estimate of drug-likeness (QED) is 0.633. The molecule has 1 aliphatic rings. The highest BCUT2D eigenvalue weighted by molar-refractivity contribution is 6.30. The van der Waals surface area contributed by atoms with Crippen LogP contribution in [-0.2, 0) is 9.53 Å². The van der Waals surface area contributed by atoms with Gasteiger partial charge in [-0.2, -0.15) is 5.26 Å². The summed E-state index contributed by atoms with van der Waals surface area (Å²) in [5.74, 6) is 0.803. The zero-order chi connectivity index (χ0) is 16.9. The van der Waals surface area contributed by atoms with Gasteiger partial charge in [0.15, 0.2) is 0 Å². The molecule has 0 N–H and O–H groups in total. The first-order valence-electron chi connectivity index (χ1n) is 7.52. The maximum absolute atomic E-state index is 12.4. The second-order valence-corrected chi connectivity index (χ2v) is 5.72. The molecule has 2 aromatic rings. The number of morpholine rings is 1. The maximum Gasteiger partial charge on any atom is 0.264 e. The van der Waals surface area contributed by atoms with Gasteiger partial charge in [0.2, 0.25) is 0 Å². The van der Waals surface area contributed by atoms with Crippen LogP contribution in [-0.4, -0.2) is 37.1 Å². The average Bonchev–Trinajstić information content (AvgIpc) is 3.09. The fraction of sp³-hybridized carbons (Fsp3) is 0.222. The maximum atomic E-state index is 12.4. The number of carbonyl (C=O) groups is 1. The number of hydrogen-bond donors (Lipinski definition) is 0. The molecule has 6 heteroatoms. The third kappa shape index (κ3) is 3.67. The average molecular weight is 343 g/mol. The Bertz CT molecular complexity index is 796. The standard InChI is InChI=1S/C18H15ClN2O3/c19-15-3-1-13(2-4-15)17-6-5-16(24-17)11-14(12-20)18(22)21-7-9-23-10-8-21/h1-6,11H,7-10H2/b14-11-. The molecule has 1 aromatic carbocycles. The van der Waals surface area contributed by atoms with Crippen molar-refractivity contribution in [2.45, 2.75) is 0 Å². The van der Waals surface area contributed by atoms with Gasteiger partial charge in [0.05, 0.1) is 13.2 Å². The third-order valence-corrected chi connectivity index (χ3v) is 3.94. The summed E-state index contributed by atoms with van der Waals surface area (Å²) in [7, 11) is 0. The second-order valence-electron chi connectivity index (χ2n) is 5.28. The van der Waals surface area contributed by atoms with Crippen LogP contribution in [0.1, 0.15) is 5.76 Å². The number of amides is 1. The lowest BCUT2D eigenvalue weighted by Gasteiger charge is -2.26. The summed E-state index contributed by atoms with van der Waals surface area (Å²) in [5.41, 5.74) is 0.922. The Morgan fingerprint density at radius 3 is 2.54 bits per heavy atom. The van der Waals surface area contributed by atoms with E-state index in [4.69, 9.17) is 20.8 Å². The van der Waals surface area contributed by atoms with E-state index in [9.17, 15) is 10.1 Å². The van der Waals surface area contributed by atoms with E-state index in [2.05, 4.69) is 0 Å². The van der Waals surface area contributed by atoms with E-state index < -0.39 is 0 Å². The predicted octanol–water partition coefficient (Wildman–Crippen LogP) is 3.37. The lowest BCUT2D eigenvalue weighted by atomic mass is 10.2. The number of carbonyl (C=O) groups excluding carboxylic acids is 1. The molecule has 0 aliphatic carbocycles. The highest BCUT2D eigenvalue weighted by atomic mass is 35.5. The SMILES string of the molecule is N#C/C(=C/c1ccc(-c2ccc(Cl)cc2)o1)C(=O)N1CCOCC1. The summed E-state index contributed by atoms with van der Waals surface area (Å²) in [6, 6.07) is 12.7. The van der Waals surface area contributed by atoms with Gasteiger partial charge in [-0.05, 0) is 36.4 Å². The summed E-state index contributed by atoms with van der Waals surface area (Å²) in [5, 5.41) is 9.94. The molecule has 0 unspecified atom stereocenters. The van der Waals surface area contributed by atoms with Crippen LogP contribution >= 0.6 is 11.6 Å². The number of ether oxygens (including phenoxy) is 1. The summed E-state index contributed by atoms with van der Waals surface area (Å²) < 4.78 is 10.9. The van der Waals surface area contributed by atoms with Crippen LogP contribution in [0.5, 0.6) is 0 Å². The van der Waals surface area contributed by atoms with Crippen LogP contribution in [0.2, 0.25) is 5.02 Å². The lowest BCUT2D eigenvalue weighted by Crippen LogP contribution is -2.41. The molecule has 0 radical (unpaired) electrons. The van der Waals surface area contributed by atoms with Crippen LogP contribution in [0.15, 0.2) is 46.4 Å².